The van der Waals surface area contributed by atoms with E-state index >= 15 is 0 Å². The lowest BCUT2D eigenvalue weighted by Gasteiger charge is -2.27. The van der Waals surface area contributed by atoms with Crippen LogP contribution in [0.4, 0.5) is 23.7 Å². The van der Waals surface area contributed by atoms with Crippen LogP contribution in [-0.4, -0.2) is 23.0 Å². The van der Waals surface area contributed by atoms with E-state index in [1.807, 2.05) is 13.8 Å². The number of rotatable bonds is 1. The van der Waals surface area contributed by atoms with Crippen LogP contribution in [0.2, 0.25) is 0 Å². The molecule has 1 fully saturated rings. The second-order valence-electron chi connectivity index (χ2n) is 5.16. The van der Waals surface area contributed by atoms with Gasteiger partial charge in [-0.2, -0.15) is 13.2 Å². The van der Waals surface area contributed by atoms with E-state index in [1.54, 1.807) is 4.90 Å². The number of urea groups is 1. The lowest BCUT2D eigenvalue weighted by molar-refractivity contribution is -0.136. The molecule has 2 rings (SSSR count). The van der Waals surface area contributed by atoms with E-state index in [2.05, 4.69) is 5.32 Å². The summed E-state index contributed by atoms with van der Waals surface area (Å²) in [7, 11) is 0. The summed E-state index contributed by atoms with van der Waals surface area (Å²) < 4.78 is 38.6. The second kappa shape index (κ2) is 5.34. The van der Waals surface area contributed by atoms with Crippen molar-refractivity contribution in [3.63, 3.8) is 0 Å². The van der Waals surface area contributed by atoms with E-state index in [4.69, 9.17) is 0 Å². The Morgan fingerprint density at radius 1 is 1.20 bits per heavy atom. The van der Waals surface area contributed by atoms with E-state index in [0.717, 1.165) is 18.9 Å². The van der Waals surface area contributed by atoms with Gasteiger partial charge in [0.1, 0.15) is 0 Å². The monoisotopic (exact) mass is 286 g/mol. The first-order valence-electron chi connectivity index (χ1n) is 6.56. The van der Waals surface area contributed by atoms with E-state index in [1.165, 1.54) is 18.2 Å². The lowest BCUT2D eigenvalue weighted by atomic mass is 10.1. The Bertz CT molecular complexity index is 491. The number of hydrogen-bond acceptors (Lipinski definition) is 1. The maximum atomic E-state index is 12.9. The second-order valence-corrected chi connectivity index (χ2v) is 5.16. The predicted molar refractivity (Wildman–Crippen MR) is 70.5 cm³/mol. The molecule has 110 valence electrons. The first kappa shape index (κ1) is 14.7. The molecule has 0 aliphatic carbocycles. The molecule has 0 bridgehead atoms. The minimum atomic E-state index is -4.48. The summed E-state index contributed by atoms with van der Waals surface area (Å²) in [5, 5.41) is 2.39. The zero-order valence-electron chi connectivity index (χ0n) is 11.4. The van der Waals surface area contributed by atoms with Crippen molar-refractivity contribution in [1.29, 1.82) is 0 Å². The van der Waals surface area contributed by atoms with Crippen LogP contribution < -0.4 is 5.32 Å². The van der Waals surface area contributed by atoms with Gasteiger partial charge in [-0.15, -0.1) is 0 Å². The van der Waals surface area contributed by atoms with Gasteiger partial charge in [-0.3, -0.25) is 0 Å². The van der Waals surface area contributed by atoms with Crippen molar-refractivity contribution >= 4 is 11.7 Å². The third-order valence-corrected chi connectivity index (χ3v) is 3.66. The van der Waals surface area contributed by atoms with Crippen LogP contribution in [0, 0.1) is 0 Å². The molecule has 1 aromatic carbocycles. The van der Waals surface area contributed by atoms with Crippen molar-refractivity contribution in [2.45, 2.75) is 44.9 Å². The zero-order chi connectivity index (χ0) is 14.9. The number of nitrogens with zero attached hydrogens (tertiary/aromatic N) is 1. The molecular weight excluding hydrogens is 269 g/mol. The highest BCUT2D eigenvalue weighted by Gasteiger charge is 2.35. The van der Waals surface area contributed by atoms with Gasteiger partial charge < -0.3 is 10.2 Å². The fourth-order valence-corrected chi connectivity index (χ4v) is 2.61. The number of para-hydroxylation sites is 1. The van der Waals surface area contributed by atoms with Gasteiger partial charge in [0.15, 0.2) is 0 Å². The van der Waals surface area contributed by atoms with Gasteiger partial charge in [0.25, 0.3) is 0 Å². The third kappa shape index (κ3) is 2.89. The van der Waals surface area contributed by atoms with Crippen molar-refractivity contribution in [2.75, 3.05) is 5.32 Å². The average Bonchev–Trinajstić information content (AvgIpc) is 2.68. The molecule has 1 aliphatic rings. The predicted octanol–water partition coefficient (Wildman–Crippen LogP) is 4.11. The number of benzene rings is 1. The molecule has 6 heteroatoms. The number of likely N-dealkylation sites (tertiary alicyclic amines) is 1. The highest BCUT2D eigenvalue weighted by Crippen LogP contribution is 2.35. The molecule has 0 saturated carbocycles. The summed E-state index contributed by atoms with van der Waals surface area (Å²) in [6.07, 6.45) is -2.74. The van der Waals surface area contributed by atoms with E-state index in [0.29, 0.717) is 0 Å². The molecule has 0 spiro atoms. The van der Waals surface area contributed by atoms with Crippen molar-refractivity contribution in [3.05, 3.63) is 29.8 Å². The van der Waals surface area contributed by atoms with Crippen LogP contribution in [0.25, 0.3) is 0 Å². The molecule has 2 amide bonds. The van der Waals surface area contributed by atoms with Crippen LogP contribution in [0.3, 0.4) is 0 Å². The number of halogens is 3. The lowest BCUT2D eigenvalue weighted by Crippen LogP contribution is -2.41. The Morgan fingerprint density at radius 3 is 2.30 bits per heavy atom. The van der Waals surface area contributed by atoms with Crippen LogP contribution in [0.1, 0.15) is 32.3 Å². The normalized spacial score (nSPS) is 22.9. The largest absolute Gasteiger partial charge is 0.418 e. The van der Waals surface area contributed by atoms with Gasteiger partial charge in [0.05, 0.1) is 11.3 Å². The Kier molecular flexibility index (Phi) is 3.92. The zero-order valence-corrected chi connectivity index (χ0v) is 11.4. The van der Waals surface area contributed by atoms with Gasteiger partial charge in [-0.05, 0) is 38.8 Å². The maximum absolute atomic E-state index is 12.9. The highest BCUT2D eigenvalue weighted by atomic mass is 19.4. The van der Waals surface area contributed by atoms with Gasteiger partial charge in [-0.25, -0.2) is 4.79 Å². The molecule has 1 saturated heterocycles. The van der Waals surface area contributed by atoms with Crippen molar-refractivity contribution in [2.24, 2.45) is 0 Å². The number of alkyl halides is 3. The molecule has 20 heavy (non-hydrogen) atoms. The first-order valence-corrected chi connectivity index (χ1v) is 6.56. The quantitative estimate of drug-likeness (QED) is 0.828. The Balaban J connectivity index is 2.20. The summed E-state index contributed by atoms with van der Waals surface area (Å²) in [6, 6.07) is 4.63. The summed E-state index contributed by atoms with van der Waals surface area (Å²) in [5.74, 6) is 0. The molecule has 0 aromatic heterocycles. The maximum Gasteiger partial charge on any atom is 0.418 e. The number of hydrogen-bond donors (Lipinski definition) is 1. The van der Waals surface area contributed by atoms with Crippen molar-refractivity contribution < 1.29 is 18.0 Å². The van der Waals surface area contributed by atoms with E-state index < -0.39 is 17.8 Å². The molecule has 3 nitrogen and oxygen atoms in total. The molecule has 1 aliphatic heterocycles. The minimum Gasteiger partial charge on any atom is -0.319 e. The van der Waals surface area contributed by atoms with E-state index in [-0.39, 0.29) is 17.8 Å². The SMILES string of the molecule is C[C@H]1CC[C@H](C)N1C(=O)Nc1ccccc1C(F)(F)F. The van der Waals surface area contributed by atoms with E-state index in [9.17, 15) is 18.0 Å². The topological polar surface area (TPSA) is 32.3 Å². The van der Waals surface area contributed by atoms with Crippen molar-refractivity contribution in [3.8, 4) is 0 Å². The van der Waals surface area contributed by atoms with Gasteiger partial charge in [0, 0.05) is 12.1 Å². The standard InChI is InChI=1S/C14H17F3N2O/c1-9-7-8-10(2)19(9)13(20)18-12-6-4-3-5-11(12)14(15,16)17/h3-6,9-10H,7-8H2,1-2H3,(H,18,20)/t9-,10-/m0/s1. The van der Waals surface area contributed by atoms with Gasteiger partial charge in [-0.1, -0.05) is 12.1 Å². The third-order valence-electron chi connectivity index (χ3n) is 3.66. The van der Waals surface area contributed by atoms with Crippen LogP contribution in [0.15, 0.2) is 24.3 Å². The Morgan fingerprint density at radius 2 is 1.75 bits per heavy atom. The summed E-state index contributed by atoms with van der Waals surface area (Å²) >= 11 is 0. The molecule has 0 radical (unpaired) electrons. The summed E-state index contributed by atoms with van der Waals surface area (Å²) in [4.78, 5) is 13.8. The number of anilines is 1. The summed E-state index contributed by atoms with van der Waals surface area (Å²) in [5.41, 5.74) is -1.02. The number of amides is 2. The molecular formula is C14H17F3N2O. The molecule has 1 N–H and O–H groups in total. The first-order chi connectivity index (χ1) is 9.30. The number of nitrogens with one attached hydrogen (secondary N) is 1. The highest BCUT2D eigenvalue weighted by molar-refractivity contribution is 5.90. The Labute approximate surface area is 115 Å². The van der Waals surface area contributed by atoms with Crippen LogP contribution in [-0.2, 0) is 6.18 Å². The van der Waals surface area contributed by atoms with Crippen LogP contribution >= 0.6 is 0 Å². The average molecular weight is 286 g/mol. The molecule has 0 unspecified atom stereocenters. The molecule has 2 atom stereocenters. The van der Waals surface area contributed by atoms with Gasteiger partial charge >= 0.3 is 12.2 Å². The number of carbonyl (C=O) groups is 1. The summed E-state index contributed by atoms with van der Waals surface area (Å²) in [6.45, 7) is 3.80. The fraction of sp³-hybridized carbons (Fsp3) is 0.500. The van der Waals surface area contributed by atoms with Crippen LogP contribution in [0.5, 0.6) is 0 Å². The Hall–Kier alpha value is -1.72. The van der Waals surface area contributed by atoms with Crippen molar-refractivity contribution in [1.82, 2.24) is 4.90 Å². The minimum absolute atomic E-state index is 0.0445. The molecule has 1 aromatic rings. The smallest absolute Gasteiger partial charge is 0.319 e. The fourth-order valence-electron chi connectivity index (χ4n) is 2.61. The molecule has 1 heterocycles. The van der Waals surface area contributed by atoms with Gasteiger partial charge in [0.2, 0.25) is 0 Å². The number of carbonyl (C=O) groups excluding carboxylic acids is 1.